The van der Waals surface area contributed by atoms with E-state index in [4.69, 9.17) is 21.1 Å². The number of hydrogen-bond acceptors (Lipinski definition) is 4. The molecule has 3 rings (SSSR count). The number of carbonyl (C=O) groups excluding carboxylic acids is 1. The molecule has 2 aromatic carbocycles. The van der Waals surface area contributed by atoms with Crippen LogP contribution in [0.15, 0.2) is 64.6 Å². The molecule has 1 amide bonds. The quantitative estimate of drug-likeness (QED) is 0.450. The van der Waals surface area contributed by atoms with E-state index in [9.17, 15) is 14.9 Å². The molecule has 0 saturated heterocycles. The summed E-state index contributed by atoms with van der Waals surface area (Å²) in [5.41, 5.74) is 2.05. The largest absolute Gasteiger partial charge is 0.478 e. The van der Waals surface area contributed by atoms with Gasteiger partial charge in [0.25, 0.3) is 5.91 Å². The first-order valence-electron chi connectivity index (χ1n) is 8.50. The number of benzene rings is 2. The zero-order valence-electron chi connectivity index (χ0n) is 15.3. The van der Waals surface area contributed by atoms with Gasteiger partial charge in [-0.3, -0.25) is 4.79 Å². The number of carboxylic acids is 1. The molecule has 29 heavy (non-hydrogen) atoms. The average molecular weight is 407 g/mol. The van der Waals surface area contributed by atoms with Crippen LogP contribution in [0, 0.1) is 18.3 Å². The third-order valence-corrected chi connectivity index (χ3v) is 4.37. The van der Waals surface area contributed by atoms with Crippen molar-refractivity contribution in [3.05, 3.63) is 82.1 Å². The Morgan fingerprint density at radius 3 is 2.48 bits per heavy atom. The van der Waals surface area contributed by atoms with Crippen LogP contribution in [0.2, 0.25) is 5.02 Å². The number of nitriles is 1. The molecule has 1 aromatic heterocycles. The molecule has 0 atom stereocenters. The van der Waals surface area contributed by atoms with Crippen LogP contribution in [0.3, 0.4) is 0 Å². The zero-order valence-corrected chi connectivity index (χ0v) is 16.0. The molecule has 0 saturated carbocycles. The van der Waals surface area contributed by atoms with E-state index in [1.807, 2.05) is 6.07 Å². The first-order valence-corrected chi connectivity index (χ1v) is 8.88. The van der Waals surface area contributed by atoms with Gasteiger partial charge in [-0.25, -0.2) is 4.79 Å². The molecule has 0 spiro atoms. The Hall–Kier alpha value is -3.82. The molecule has 0 bridgehead atoms. The summed E-state index contributed by atoms with van der Waals surface area (Å²) in [6, 6.07) is 16.4. The number of nitrogens with zero attached hydrogens (tertiary/aromatic N) is 1. The van der Waals surface area contributed by atoms with Crippen LogP contribution < -0.4 is 5.32 Å². The van der Waals surface area contributed by atoms with Gasteiger partial charge in [0, 0.05) is 22.3 Å². The predicted molar refractivity (Wildman–Crippen MR) is 110 cm³/mol. The Morgan fingerprint density at radius 1 is 1.14 bits per heavy atom. The number of amides is 1. The van der Waals surface area contributed by atoms with Crippen LogP contribution in [0.1, 0.15) is 21.7 Å². The number of hydrogen-bond donors (Lipinski definition) is 2. The molecule has 7 heteroatoms. The lowest BCUT2D eigenvalue weighted by molar-refractivity contribution is -0.112. The van der Waals surface area contributed by atoms with Crippen LogP contribution >= 0.6 is 11.6 Å². The molecule has 0 aliphatic carbocycles. The molecular formula is C22H15ClN2O4. The van der Waals surface area contributed by atoms with Crippen LogP contribution in [-0.2, 0) is 4.79 Å². The summed E-state index contributed by atoms with van der Waals surface area (Å²) in [5, 5.41) is 21.5. The highest BCUT2D eigenvalue weighted by Gasteiger charge is 2.13. The van der Waals surface area contributed by atoms with Crippen LogP contribution in [-0.4, -0.2) is 17.0 Å². The summed E-state index contributed by atoms with van der Waals surface area (Å²) in [4.78, 5) is 23.4. The van der Waals surface area contributed by atoms with Crippen molar-refractivity contribution in [1.29, 1.82) is 5.26 Å². The van der Waals surface area contributed by atoms with Gasteiger partial charge in [0.15, 0.2) is 0 Å². The molecule has 3 aromatic rings. The summed E-state index contributed by atoms with van der Waals surface area (Å²) in [6.45, 7) is 1.80. The fraction of sp³-hybridized carbons (Fsp3) is 0.0455. The number of furan rings is 1. The van der Waals surface area contributed by atoms with Crippen molar-refractivity contribution in [3.63, 3.8) is 0 Å². The molecule has 0 unspecified atom stereocenters. The maximum absolute atomic E-state index is 12.4. The molecule has 0 fully saturated rings. The summed E-state index contributed by atoms with van der Waals surface area (Å²) < 4.78 is 5.67. The Balaban J connectivity index is 1.80. The molecule has 6 nitrogen and oxygen atoms in total. The summed E-state index contributed by atoms with van der Waals surface area (Å²) in [6.07, 6.45) is 1.34. The molecule has 1 heterocycles. The minimum atomic E-state index is -1.01. The predicted octanol–water partition coefficient (Wildman–Crippen LogP) is 5.15. The second kappa shape index (κ2) is 8.46. The minimum absolute atomic E-state index is 0.124. The van der Waals surface area contributed by atoms with E-state index < -0.39 is 11.9 Å². The van der Waals surface area contributed by atoms with Gasteiger partial charge in [-0.05, 0) is 55.0 Å². The fourth-order valence-corrected chi connectivity index (χ4v) is 2.84. The van der Waals surface area contributed by atoms with Crippen molar-refractivity contribution in [2.24, 2.45) is 0 Å². The molecule has 0 aliphatic heterocycles. The van der Waals surface area contributed by atoms with Gasteiger partial charge in [0.1, 0.15) is 23.2 Å². The molecule has 0 radical (unpaired) electrons. The average Bonchev–Trinajstić information content (AvgIpc) is 3.17. The SMILES string of the molecule is Cc1cc(Cl)ccc1NC(=O)/C(C#N)=C\c1ccc(-c2ccc(C(=O)O)cc2)o1. The molecule has 2 N–H and O–H groups in total. The van der Waals surface area contributed by atoms with E-state index in [0.717, 1.165) is 5.56 Å². The first-order chi connectivity index (χ1) is 13.9. The standard InChI is InChI=1S/C22H15ClN2O4/c1-13-10-17(23)6-8-19(13)25-21(26)16(12-24)11-18-7-9-20(29-18)14-2-4-15(5-3-14)22(27)28/h2-11H,1H3,(H,25,26)(H,27,28)/b16-11-. The number of aryl methyl sites for hydroxylation is 1. The zero-order chi connectivity index (χ0) is 21.0. The van der Waals surface area contributed by atoms with Gasteiger partial charge in [0.05, 0.1) is 5.56 Å². The van der Waals surface area contributed by atoms with E-state index in [0.29, 0.717) is 27.8 Å². The van der Waals surface area contributed by atoms with Gasteiger partial charge < -0.3 is 14.8 Å². The normalized spacial score (nSPS) is 11.0. The number of carbonyl (C=O) groups is 2. The van der Waals surface area contributed by atoms with E-state index >= 15 is 0 Å². The second-order valence-corrected chi connectivity index (χ2v) is 6.60. The Labute approximate surface area is 171 Å². The van der Waals surface area contributed by atoms with Crippen molar-refractivity contribution < 1.29 is 19.1 Å². The van der Waals surface area contributed by atoms with E-state index in [1.54, 1.807) is 49.4 Å². The maximum atomic E-state index is 12.4. The lowest BCUT2D eigenvalue weighted by atomic mass is 10.1. The van der Waals surface area contributed by atoms with E-state index in [-0.39, 0.29) is 11.1 Å². The Kier molecular flexibility index (Phi) is 5.82. The van der Waals surface area contributed by atoms with E-state index in [1.165, 1.54) is 18.2 Å². The second-order valence-electron chi connectivity index (χ2n) is 6.17. The number of rotatable bonds is 5. The number of halogens is 1. The minimum Gasteiger partial charge on any atom is -0.478 e. The highest BCUT2D eigenvalue weighted by atomic mass is 35.5. The summed E-state index contributed by atoms with van der Waals surface area (Å²) in [5.74, 6) is -0.775. The third-order valence-electron chi connectivity index (χ3n) is 4.13. The van der Waals surface area contributed by atoms with Gasteiger partial charge in [-0.15, -0.1) is 0 Å². The van der Waals surface area contributed by atoms with Crippen molar-refractivity contribution in [2.45, 2.75) is 6.92 Å². The van der Waals surface area contributed by atoms with Crippen molar-refractivity contribution in [3.8, 4) is 17.4 Å². The fourth-order valence-electron chi connectivity index (χ4n) is 2.61. The molecule has 144 valence electrons. The topological polar surface area (TPSA) is 103 Å². The maximum Gasteiger partial charge on any atom is 0.335 e. The Bertz CT molecular complexity index is 1150. The van der Waals surface area contributed by atoms with Crippen molar-refractivity contribution >= 4 is 35.2 Å². The van der Waals surface area contributed by atoms with Gasteiger partial charge in [-0.1, -0.05) is 23.7 Å². The summed E-state index contributed by atoms with van der Waals surface area (Å²) in [7, 11) is 0. The van der Waals surface area contributed by atoms with Crippen LogP contribution in [0.4, 0.5) is 5.69 Å². The molecular weight excluding hydrogens is 392 g/mol. The van der Waals surface area contributed by atoms with Crippen LogP contribution in [0.25, 0.3) is 17.4 Å². The highest BCUT2D eigenvalue weighted by Crippen LogP contribution is 2.25. The third kappa shape index (κ3) is 4.72. The number of nitrogens with one attached hydrogen (secondary N) is 1. The number of carboxylic acid groups (broad SMARTS) is 1. The number of anilines is 1. The molecule has 0 aliphatic rings. The van der Waals surface area contributed by atoms with Crippen LogP contribution in [0.5, 0.6) is 0 Å². The Morgan fingerprint density at radius 2 is 1.86 bits per heavy atom. The number of aromatic carboxylic acids is 1. The highest BCUT2D eigenvalue weighted by molar-refractivity contribution is 6.30. The first kappa shape index (κ1) is 19.9. The van der Waals surface area contributed by atoms with Gasteiger partial charge in [-0.2, -0.15) is 5.26 Å². The van der Waals surface area contributed by atoms with Crippen molar-refractivity contribution in [1.82, 2.24) is 0 Å². The smallest absolute Gasteiger partial charge is 0.335 e. The summed E-state index contributed by atoms with van der Waals surface area (Å²) >= 11 is 5.91. The lowest BCUT2D eigenvalue weighted by Gasteiger charge is -2.07. The lowest BCUT2D eigenvalue weighted by Crippen LogP contribution is -2.14. The van der Waals surface area contributed by atoms with E-state index in [2.05, 4.69) is 5.32 Å². The van der Waals surface area contributed by atoms with Gasteiger partial charge >= 0.3 is 5.97 Å². The van der Waals surface area contributed by atoms with Gasteiger partial charge in [0.2, 0.25) is 0 Å². The van der Waals surface area contributed by atoms with Crippen molar-refractivity contribution in [2.75, 3.05) is 5.32 Å². The monoisotopic (exact) mass is 406 g/mol.